The van der Waals surface area contributed by atoms with E-state index in [1.165, 1.54) is 11.3 Å². The fourth-order valence-corrected chi connectivity index (χ4v) is 3.96. The second-order valence-corrected chi connectivity index (χ2v) is 7.78. The molecule has 0 aromatic heterocycles. The Kier molecular flexibility index (Phi) is 7.83. The van der Waals surface area contributed by atoms with E-state index >= 15 is 0 Å². The van der Waals surface area contributed by atoms with Crippen LogP contribution in [-0.2, 0) is 0 Å². The smallest absolute Gasteiger partial charge is 0.0773 e. The van der Waals surface area contributed by atoms with Crippen LogP contribution in [0.4, 0.5) is 0 Å². The van der Waals surface area contributed by atoms with Gasteiger partial charge in [0, 0.05) is 17.4 Å². The van der Waals surface area contributed by atoms with Gasteiger partial charge in [-0.1, -0.05) is 56.3 Å². The first-order valence-electron chi connectivity index (χ1n) is 8.72. The van der Waals surface area contributed by atoms with Gasteiger partial charge in [0.1, 0.15) is 0 Å². The first kappa shape index (κ1) is 19.0. The zero-order chi connectivity index (χ0) is 17.4. The van der Waals surface area contributed by atoms with Crippen molar-refractivity contribution in [1.82, 2.24) is 5.32 Å². The van der Waals surface area contributed by atoms with Gasteiger partial charge in [-0.25, -0.2) is 0 Å². The van der Waals surface area contributed by atoms with Gasteiger partial charge in [0.15, 0.2) is 0 Å². The molecule has 2 N–H and O–H groups in total. The van der Waals surface area contributed by atoms with Crippen LogP contribution in [-0.4, -0.2) is 30.6 Å². The predicted octanol–water partition coefficient (Wildman–Crippen LogP) is 4.54. The fourth-order valence-electron chi connectivity index (χ4n) is 2.81. The molecule has 0 aliphatic carbocycles. The summed E-state index contributed by atoms with van der Waals surface area (Å²) < 4.78 is 0. The second-order valence-electron chi connectivity index (χ2n) is 6.61. The molecule has 2 aromatic carbocycles. The van der Waals surface area contributed by atoms with Crippen LogP contribution >= 0.6 is 11.8 Å². The highest BCUT2D eigenvalue weighted by Crippen LogP contribution is 2.30. The van der Waals surface area contributed by atoms with Crippen LogP contribution < -0.4 is 5.32 Å². The van der Waals surface area contributed by atoms with E-state index in [0.29, 0.717) is 6.54 Å². The maximum absolute atomic E-state index is 10.6. The summed E-state index contributed by atoms with van der Waals surface area (Å²) in [4.78, 5) is 1.30. The molecule has 0 heterocycles. The molecule has 2 unspecified atom stereocenters. The van der Waals surface area contributed by atoms with E-state index in [9.17, 15) is 5.11 Å². The van der Waals surface area contributed by atoms with Gasteiger partial charge in [-0.3, -0.25) is 0 Å². The topological polar surface area (TPSA) is 32.3 Å². The Bertz CT molecular complexity index is 583. The van der Waals surface area contributed by atoms with Crippen molar-refractivity contribution in [2.75, 3.05) is 19.3 Å². The van der Waals surface area contributed by atoms with Crippen molar-refractivity contribution in [2.45, 2.75) is 37.2 Å². The third kappa shape index (κ3) is 5.66. The molecular formula is C21H29NOS. The molecule has 130 valence electrons. The Morgan fingerprint density at radius 3 is 2.17 bits per heavy atom. The molecule has 3 heteroatoms. The SMILES string of the molecule is CNCC(O)C(c1ccccc1)c1ccc(SCCC(C)C)cc1. The van der Waals surface area contributed by atoms with Gasteiger partial charge in [0.25, 0.3) is 0 Å². The fraction of sp³-hybridized carbons (Fsp3) is 0.429. The van der Waals surface area contributed by atoms with Gasteiger partial charge >= 0.3 is 0 Å². The molecule has 2 nitrogen and oxygen atoms in total. The van der Waals surface area contributed by atoms with Crippen molar-refractivity contribution in [3.05, 3.63) is 65.7 Å². The lowest BCUT2D eigenvalue weighted by atomic mass is 9.86. The van der Waals surface area contributed by atoms with Crippen LogP contribution in [0, 0.1) is 5.92 Å². The maximum Gasteiger partial charge on any atom is 0.0773 e. The molecular weight excluding hydrogens is 314 g/mol. The van der Waals surface area contributed by atoms with E-state index in [1.54, 1.807) is 0 Å². The van der Waals surface area contributed by atoms with E-state index < -0.39 is 6.10 Å². The molecule has 0 saturated heterocycles. The number of likely N-dealkylation sites (N-methyl/N-ethyl adjacent to an activating group) is 1. The largest absolute Gasteiger partial charge is 0.391 e. The zero-order valence-electron chi connectivity index (χ0n) is 14.9. The Balaban J connectivity index is 2.14. The lowest BCUT2D eigenvalue weighted by Crippen LogP contribution is -2.30. The first-order chi connectivity index (χ1) is 11.6. The zero-order valence-corrected chi connectivity index (χ0v) is 15.7. The standard InChI is InChI=1S/C21H29NOS/c1-16(2)13-14-24-19-11-9-18(10-12-19)21(20(23)15-22-3)17-7-5-4-6-8-17/h4-12,16,20-23H,13-15H2,1-3H3. The van der Waals surface area contributed by atoms with Crippen molar-refractivity contribution in [1.29, 1.82) is 0 Å². The van der Waals surface area contributed by atoms with Crippen LogP contribution in [0.1, 0.15) is 37.3 Å². The third-order valence-corrected chi connectivity index (χ3v) is 5.21. The summed E-state index contributed by atoms with van der Waals surface area (Å²) in [6.07, 6.45) is 0.789. The molecule has 0 radical (unpaired) electrons. The van der Waals surface area contributed by atoms with Gasteiger partial charge in [-0.2, -0.15) is 0 Å². The van der Waals surface area contributed by atoms with Crippen molar-refractivity contribution in [3.63, 3.8) is 0 Å². The first-order valence-corrected chi connectivity index (χ1v) is 9.70. The van der Waals surface area contributed by atoms with Crippen molar-refractivity contribution >= 4 is 11.8 Å². The van der Waals surface area contributed by atoms with Crippen molar-refractivity contribution in [3.8, 4) is 0 Å². The predicted molar refractivity (Wildman–Crippen MR) is 105 cm³/mol. The number of benzene rings is 2. The molecule has 2 aromatic rings. The Morgan fingerprint density at radius 2 is 1.58 bits per heavy atom. The van der Waals surface area contributed by atoms with E-state index in [1.807, 2.05) is 37.0 Å². The average molecular weight is 344 g/mol. The van der Waals surface area contributed by atoms with Gasteiger partial charge in [-0.05, 0) is 48.4 Å². The van der Waals surface area contributed by atoms with Crippen LogP contribution in [0.5, 0.6) is 0 Å². The molecule has 0 aliphatic heterocycles. The van der Waals surface area contributed by atoms with Gasteiger partial charge < -0.3 is 10.4 Å². The van der Waals surface area contributed by atoms with E-state index in [2.05, 4.69) is 55.6 Å². The average Bonchev–Trinajstić information content (AvgIpc) is 2.57. The van der Waals surface area contributed by atoms with E-state index in [-0.39, 0.29) is 5.92 Å². The van der Waals surface area contributed by atoms with Crippen LogP contribution in [0.15, 0.2) is 59.5 Å². The molecule has 2 rings (SSSR count). The lowest BCUT2D eigenvalue weighted by Gasteiger charge is -2.24. The molecule has 2 atom stereocenters. The minimum atomic E-state index is -0.447. The Morgan fingerprint density at radius 1 is 0.958 bits per heavy atom. The highest BCUT2D eigenvalue weighted by molar-refractivity contribution is 7.99. The summed E-state index contributed by atoms with van der Waals surface area (Å²) in [5.41, 5.74) is 2.32. The number of aliphatic hydroxyl groups is 1. The molecule has 0 fully saturated rings. The number of hydrogen-bond acceptors (Lipinski definition) is 3. The Hall–Kier alpha value is -1.29. The summed E-state index contributed by atoms with van der Waals surface area (Å²) in [7, 11) is 1.87. The molecule has 0 saturated carbocycles. The molecule has 0 bridgehead atoms. The highest BCUT2D eigenvalue weighted by atomic mass is 32.2. The summed E-state index contributed by atoms with van der Waals surface area (Å²) in [5, 5.41) is 13.7. The van der Waals surface area contributed by atoms with Crippen molar-refractivity contribution < 1.29 is 5.11 Å². The van der Waals surface area contributed by atoms with Gasteiger partial charge in [-0.15, -0.1) is 11.8 Å². The maximum atomic E-state index is 10.6. The second kappa shape index (κ2) is 9.87. The molecule has 0 aliphatic rings. The molecule has 0 amide bonds. The summed E-state index contributed by atoms with van der Waals surface area (Å²) >= 11 is 1.91. The van der Waals surface area contributed by atoms with Crippen LogP contribution in [0.3, 0.4) is 0 Å². The third-order valence-electron chi connectivity index (χ3n) is 4.16. The van der Waals surface area contributed by atoms with Gasteiger partial charge in [0.05, 0.1) is 6.10 Å². The summed E-state index contributed by atoms with van der Waals surface area (Å²) in [6, 6.07) is 18.9. The number of nitrogens with one attached hydrogen (secondary N) is 1. The molecule has 0 spiro atoms. The van der Waals surface area contributed by atoms with E-state index in [4.69, 9.17) is 0 Å². The normalized spacial score (nSPS) is 13.9. The van der Waals surface area contributed by atoms with Gasteiger partial charge in [0.2, 0.25) is 0 Å². The monoisotopic (exact) mass is 343 g/mol. The minimum Gasteiger partial charge on any atom is -0.391 e. The Labute approximate surface area is 150 Å². The summed E-state index contributed by atoms with van der Waals surface area (Å²) in [6.45, 7) is 5.10. The molecule has 24 heavy (non-hydrogen) atoms. The number of rotatable bonds is 9. The van der Waals surface area contributed by atoms with Crippen LogP contribution in [0.2, 0.25) is 0 Å². The number of aliphatic hydroxyl groups excluding tert-OH is 1. The highest BCUT2D eigenvalue weighted by Gasteiger charge is 2.22. The number of thioether (sulfide) groups is 1. The quantitative estimate of drug-likeness (QED) is 0.656. The number of hydrogen-bond donors (Lipinski definition) is 2. The van der Waals surface area contributed by atoms with E-state index in [0.717, 1.165) is 22.8 Å². The van der Waals surface area contributed by atoms with Crippen LogP contribution in [0.25, 0.3) is 0 Å². The summed E-state index contributed by atoms with van der Waals surface area (Å²) in [5.74, 6) is 1.89. The lowest BCUT2D eigenvalue weighted by molar-refractivity contribution is 0.156. The minimum absolute atomic E-state index is 0.00614. The van der Waals surface area contributed by atoms with Crippen molar-refractivity contribution in [2.24, 2.45) is 5.92 Å².